The Kier molecular flexibility index (Phi) is 6.79. The van der Waals surface area contributed by atoms with Gasteiger partial charge in [-0.15, -0.1) is 0 Å². The lowest BCUT2D eigenvalue weighted by Crippen LogP contribution is -2.48. The van der Waals surface area contributed by atoms with Gasteiger partial charge in [-0.25, -0.2) is 13.7 Å². The second-order valence-corrected chi connectivity index (χ2v) is 10.3. The van der Waals surface area contributed by atoms with Crippen molar-refractivity contribution >= 4 is 15.6 Å². The molecule has 2 aliphatic rings. The van der Waals surface area contributed by atoms with Crippen molar-refractivity contribution in [2.24, 2.45) is 15.2 Å². The number of hydrogen-bond acceptors (Lipinski definition) is 7. The number of aryl methyl sites for hydroxylation is 1. The van der Waals surface area contributed by atoms with E-state index in [4.69, 9.17) is 15.9 Å². The zero-order valence-electron chi connectivity index (χ0n) is 17.3. The lowest BCUT2D eigenvalue weighted by atomic mass is 10.0. The van der Waals surface area contributed by atoms with Gasteiger partial charge in [-0.1, -0.05) is 20.8 Å². The van der Waals surface area contributed by atoms with Crippen LogP contribution in [0.5, 0.6) is 0 Å². The number of aromatic nitrogens is 1. The van der Waals surface area contributed by atoms with Crippen LogP contribution in [0.15, 0.2) is 4.36 Å². The van der Waals surface area contributed by atoms with Crippen molar-refractivity contribution in [2.75, 3.05) is 11.9 Å². The van der Waals surface area contributed by atoms with E-state index >= 15 is 0 Å². The third-order valence-electron chi connectivity index (χ3n) is 5.66. The Morgan fingerprint density at radius 3 is 2.76 bits per heavy atom. The SMILES string of the molecule is CC(C)NCC(F)C(N)S(N)(=O)=NC(O)Nc1c2c(nc3c1CCC3C)CCC2. The molecule has 2 aliphatic carbocycles. The molecule has 0 fully saturated rings. The van der Waals surface area contributed by atoms with Crippen molar-refractivity contribution in [3.63, 3.8) is 0 Å². The largest absolute Gasteiger partial charge is 0.355 e. The van der Waals surface area contributed by atoms with Gasteiger partial charge in [0.05, 0.1) is 0 Å². The first-order valence-corrected chi connectivity index (χ1v) is 11.9. The molecule has 1 heterocycles. The molecule has 0 amide bonds. The second-order valence-electron chi connectivity index (χ2n) is 8.35. The maximum Gasteiger partial charge on any atom is 0.233 e. The number of anilines is 1. The molecule has 1 aromatic rings. The molecule has 164 valence electrons. The molecular formula is C19H33FN6O2S. The number of hydrogen-bond donors (Lipinski definition) is 5. The minimum absolute atomic E-state index is 0.0525. The Balaban J connectivity index is 1.81. The van der Waals surface area contributed by atoms with Crippen LogP contribution in [-0.2, 0) is 29.2 Å². The lowest BCUT2D eigenvalue weighted by molar-refractivity contribution is 0.215. The summed E-state index contributed by atoms with van der Waals surface area (Å²) < 4.78 is 30.8. The summed E-state index contributed by atoms with van der Waals surface area (Å²) in [4.78, 5) is 4.83. The first kappa shape index (κ1) is 22.4. The molecule has 0 spiro atoms. The molecule has 0 aromatic carbocycles. The molecular weight excluding hydrogens is 395 g/mol. The fourth-order valence-electron chi connectivity index (χ4n) is 4.03. The average molecular weight is 429 g/mol. The zero-order chi connectivity index (χ0) is 21.3. The highest BCUT2D eigenvalue weighted by Gasteiger charge is 2.31. The van der Waals surface area contributed by atoms with Crippen molar-refractivity contribution < 1.29 is 13.7 Å². The molecule has 0 saturated carbocycles. The third-order valence-corrected chi connectivity index (χ3v) is 7.26. The number of aliphatic hydroxyl groups is 1. The molecule has 1 aromatic heterocycles. The number of pyridine rings is 1. The van der Waals surface area contributed by atoms with Gasteiger partial charge in [-0.3, -0.25) is 4.98 Å². The molecule has 0 bridgehead atoms. The van der Waals surface area contributed by atoms with E-state index < -0.39 is 27.8 Å². The van der Waals surface area contributed by atoms with Crippen LogP contribution in [0.3, 0.4) is 0 Å². The van der Waals surface area contributed by atoms with Crippen LogP contribution in [0.1, 0.15) is 62.0 Å². The van der Waals surface area contributed by atoms with Crippen molar-refractivity contribution in [1.29, 1.82) is 0 Å². The molecule has 10 heteroatoms. The highest BCUT2D eigenvalue weighted by Crippen LogP contribution is 2.41. The Labute approximate surface area is 172 Å². The van der Waals surface area contributed by atoms with E-state index in [2.05, 4.69) is 21.9 Å². The smallest absolute Gasteiger partial charge is 0.233 e. The molecule has 29 heavy (non-hydrogen) atoms. The zero-order valence-corrected chi connectivity index (χ0v) is 18.1. The van der Waals surface area contributed by atoms with Gasteiger partial charge >= 0.3 is 0 Å². The standard InChI is InChI=1S/C19H33FN6O2S/c1-10(2)23-9-14(20)18(21)29(22,28)26-19(27)25-17-12-5-4-6-15(12)24-16-11(3)7-8-13(16)17/h10-11,14,18-19,23,27H,4-9,21H2,1-3H3,(H,24,25)(H2,22,26,28). The summed E-state index contributed by atoms with van der Waals surface area (Å²) in [5, 5.41) is 20.5. The summed E-state index contributed by atoms with van der Waals surface area (Å²) in [6.45, 7) is 5.78. The Morgan fingerprint density at radius 2 is 2.07 bits per heavy atom. The van der Waals surface area contributed by atoms with Crippen LogP contribution in [0.2, 0.25) is 0 Å². The quantitative estimate of drug-likeness (QED) is 0.395. The molecule has 3 rings (SSSR count). The van der Waals surface area contributed by atoms with Gasteiger partial charge in [0.25, 0.3) is 0 Å². The van der Waals surface area contributed by atoms with Crippen molar-refractivity contribution in [3.05, 3.63) is 22.5 Å². The molecule has 7 N–H and O–H groups in total. The number of rotatable bonds is 8. The van der Waals surface area contributed by atoms with Crippen molar-refractivity contribution in [2.45, 2.75) is 82.7 Å². The van der Waals surface area contributed by atoms with E-state index in [-0.39, 0.29) is 12.6 Å². The van der Waals surface area contributed by atoms with Gasteiger partial charge in [0.2, 0.25) is 6.35 Å². The third kappa shape index (κ3) is 4.88. The number of nitrogens with two attached hydrogens (primary N) is 2. The molecule has 5 atom stereocenters. The predicted octanol–water partition coefficient (Wildman–Crippen LogP) is 1.27. The van der Waals surface area contributed by atoms with E-state index in [1.165, 1.54) is 0 Å². The van der Waals surface area contributed by atoms with Crippen molar-refractivity contribution in [1.82, 2.24) is 10.3 Å². The fraction of sp³-hybridized carbons (Fsp3) is 0.737. The Morgan fingerprint density at radius 1 is 1.34 bits per heavy atom. The maximum atomic E-state index is 14.3. The van der Waals surface area contributed by atoms with E-state index in [1.807, 2.05) is 13.8 Å². The highest BCUT2D eigenvalue weighted by molar-refractivity contribution is 7.92. The van der Waals surface area contributed by atoms with E-state index in [9.17, 15) is 13.7 Å². The number of halogens is 1. The molecule has 0 aliphatic heterocycles. The van der Waals surface area contributed by atoms with Gasteiger partial charge < -0.3 is 21.5 Å². The summed E-state index contributed by atoms with van der Waals surface area (Å²) in [7, 11) is -3.66. The van der Waals surface area contributed by atoms with E-state index in [1.54, 1.807) is 0 Å². The normalized spacial score (nSPS) is 23.2. The second kappa shape index (κ2) is 8.81. The summed E-state index contributed by atoms with van der Waals surface area (Å²) in [5.74, 6) is 0.360. The molecule has 8 nitrogen and oxygen atoms in total. The first-order valence-electron chi connectivity index (χ1n) is 10.2. The van der Waals surface area contributed by atoms with Crippen LogP contribution >= 0.6 is 0 Å². The summed E-state index contributed by atoms with van der Waals surface area (Å²) in [5.41, 5.74) is 10.8. The van der Waals surface area contributed by atoms with Crippen LogP contribution in [0.25, 0.3) is 0 Å². The Bertz CT molecular complexity index is 871. The fourth-order valence-corrected chi connectivity index (χ4v) is 5.06. The molecule has 5 unspecified atom stereocenters. The summed E-state index contributed by atoms with van der Waals surface area (Å²) >= 11 is 0. The van der Waals surface area contributed by atoms with Gasteiger partial charge in [0.15, 0.2) is 0 Å². The van der Waals surface area contributed by atoms with Gasteiger partial charge in [-0.05, 0) is 49.1 Å². The topological polar surface area (TPSA) is 139 Å². The van der Waals surface area contributed by atoms with Gasteiger partial charge in [0.1, 0.15) is 21.5 Å². The average Bonchev–Trinajstić information content (AvgIpc) is 3.25. The van der Waals surface area contributed by atoms with E-state index in [0.717, 1.165) is 60.3 Å². The van der Waals surface area contributed by atoms with Crippen LogP contribution in [0, 0.1) is 0 Å². The molecule has 0 saturated heterocycles. The predicted molar refractivity (Wildman–Crippen MR) is 113 cm³/mol. The van der Waals surface area contributed by atoms with Crippen LogP contribution in [0.4, 0.5) is 10.1 Å². The first-order chi connectivity index (χ1) is 13.6. The summed E-state index contributed by atoms with van der Waals surface area (Å²) in [6, 6.07) is 0.0525. The van der Waals surface area contributed by atoms with Crippen LogP contribution < -0.4 is 21.5 Å². The summed E-state index contributed by atoms with van der Waals surface area (Å²) in [6.07, 6.45) is 1.44. The minimum Gasteiger partial charge on any atom is -0.355 e. The monoisotopic (exact) mass is 428 g/mol. The van der Waals surface area contributed by atoms with Crippen LogP contribution in [-0.4, -0.2) is 44.8 Å². The van der Waals surface area contributed by atoms with Crippen molar-refractivity contribution in [3.8, 4) is 0 Å². The minimum atomic E-state index is -3.66. The number of alkyl halides is 1. The number of nitrogens with one attached hydrogen (secondary N) is 2. The lowest BCUT2D eigenvalue weighted by Gasteiger charge is -2.22. The van der Waals surface area contributed by atoms with Gasteiger partial charge in [0, 0.05) is 29.7 Å². The number of nitrogens with zero attached hydrogens (tertiary/aromatic N) is 2. The Hall–Kier alpha value is -1.33. The number of aliphatic hydroxyl groups excluding tert-OH is 1. The van der Waals surface area contributed by atoms with E-state index in [0.29, 0.717) is 5.92 Å². The highest BCUT2D eigenvalue weighted by atomic mass is 32.2. The maximum absolute atomic E-state index is 14.3. The van der Waals surface area contributed by atoms with Gasteiger partial charge in [-0.2, -0.15) is 4.36 Å². The number of fused-ring (bicyclic) bond motifs is 2. The molecule has 0 radical (unpaired) electrons.